The van der Waals surface area contributed by atoms with Crippen LogP contribution in [0.2, 0.25) is 0 Å². The molecule has 0 fully saturated rings. The Hall–Kier alpha value is -3.09. The Kier molecular flexibility index (Phi) is 8.00. The van der Waals surface area contributed by atoms with E-state index >= 15 is 0 Å². The average molecular weight is 399 g/mol. The van der Waals surface area contributed by atoms with Crippen molar-refractivity contribution in [2.75, 3.05) is 18.5 Å². The van der Waals surface area contributed by atoms with E-state index in [2.05, 4.69) is 15.6 Å². The molecule has 0 bridgehead atoms. The Labute approximate surface area is 171 Å². The number of carbonyl (C=O) groups excluding carboxylic acids is 2. The van der Waals surface area contributed by atoms with Crippen LogP contribution >= 0.6 is 0 Å². The lowest BCUT2D eigenvalue weighted by Crippen LogP contribution is -2.28. The van der Waals surface area contributed by atoms with Gasteiger partial charge in [-0.3, -0.25) is 9.59 Å². The predicted molar refractivity (Wildman–Crippen MR) is 112 cm³/mol. The van der Waals surface area contributed by atoms with E-state index in [9.17, 15) is 9.59 Å². The fraction of sp³-hybridized carbons (Fsp3) is 0.409. The molecule has 7 heteroatoms. The van der Waals surface area contributed by atoms with Gasteiger partial charge in [0.15, 0.2) is 0 Å². The van der Waals surface area contributed by atoms with Gasteiger partial charge in [0.05, 0.1) is 30.5 Å². The lowest BCUT2D eigenvalue weighted by Gasteiger charge is -2.17. The highest BCUT2D eigenvalue weighted by molar-refractivity contribution is 6.00. The van der Waals surface area contributed by atoms with Gasteiger partial charge in [-0.05, 0) is 45.0 Å². The molecule has 1 atom stereocenters. The first kappa shape index (κ1) is 22.2. The predicted octanol–water partition coefficient (Wildman–Crippen LogP) is 3.96. The van der Waals surface area contributed by atoms with Crippen molar-refractivity contribution in [3.05, 3.63) is 47.7 Å². The summed E-state index contributed by atoms with van der Waals surface area (Å²) in [6.07, 6.45) is 0. The summed E-state index contributed by atoms with van der Waals surface area (Å²) < 4.78 is 11.0. The van der Waals surface area contributed by atoms with Crippen LogP contribution in [0.15, 0.2) is 36.4 Å². The minimum absolute atomic E-state index is 0.120. The third kappa shape index (κ3) is 6.20. The smallest absolute Gasteiger partial charge is 0.255 e. The van der Waals surface area contributed by atoms with E-state index in [-0.39, 0.29) is 23.8 Å². The van der Waals surface area contributed by atoms with Crippen LogP contribution in [0.3, 0.4) is 0 Å². The highest BCUT2D eigenvalue weighted by Crippen LogP contribution is 2.25. The monoisotopic (exact) mass is 399 g/mol. The van der Waals surface area contributed by atoms with Gasteiger partial charge < -0.3 is 20.1 Å². The van der Waals surface area contributed by atoms with E-state index < -0.39 is 0 Å². The van der Waals surface area contributed by atoms with E-state index in [0.29, 0.717) is 41.8 Å². The van der Waals surface area contributed by atoms with Gasteiger partial charge in [-0.15, -0.1) is 0 Å². The standard InChI is InChI=1S/C22H29N3O4/c1-6-28-19-12-11-16(24-21(26)14(3)4)13-17(19)22(27)23-15(5)18-9-8-10-20(25-18)29-7-2/h8-15H,6-7H2,1-5H3,(H,23,27)(H,24,26). The van der Waals surface area contributed by atoms with Crippen molar-refractivity contribution < 1.29 is 19.1 Å². The van der Waals surface area contributed by atoms with Gasteiger partial charge in [-0.1, -0.05) is 19.9 Å². The zero-order chi connectivity index (χ0) is 21.4. The molecule has 2 amide bonds. The molecule has 2 rings (SSSR count). The van der Waals surface area contributed by atoms with Gasteiger partial charge in [-0.25, -0.2) is 4.98 Å². The molecule has 29 heavy (non-hydrogen) atoms. The molecule has 156 valence electrons. The highest BCUT2D eigenvalue weighted by atomic mass is 16.5. The number of aromatic nitrogens is 1. The summed E-state index contributed by atoms with van der Waals surface area (Å²) in [5, 5.41) is 5.74. The fourth-order valence-electron chi connectivity index (χ4n) is 2.60. The summed E-state index contributed by atoms with van der Waals surface area (Å²) in [6, 6.07) is 10.1. The first-order chi connectivity index (χ1) is 13.8. The molecule has 2 aromatic rings. The fourth-order valence-corrected chi connectivity index (χ4v) is 2.60. The van der Waals surface area contributed by atoms with Gasteiger partial charge in [0.2, 0.25) is 11.8 Å². The number of pyridine rings is 1. The minimum Gasteiger partial charge on any atom is -0.493 e. The molecule has 1 aromatic carbocycles. The van der Waals surface area contributed by atoms with Crippen molar-refractivity contribution >= 4 is 17.5 Å². The van der Waals surface area contributed by atoms with Gasteiger partial charge in [0.1, 0.15) is 5.75 Å². The second kappa shape index (κ2) is 10.5. The molecule has 1 unspecified atom stereocenters. The van der Waals surface area contributed by atoms with Gasteiger partial charge in [0.25, 0.3) is 5.91 Å². The molecule has 0 aliphatic carbocycles. The van der Waals surface area contributed by atoms with E-state index in [1.807, 2.05) is 46.8 Å². The normalized spacial score (nSPS) is 11.7. The van der Waals surface area contributed by atoms with Gasteiger partial charge in [-0.2, -0.15) is 0 Å². The highest BCUT2D eigenvalue weighted by Gasteiger charge is 2.18. The van der Waals surface area contributed by atoms with Crippen molar-refractivity contribution in [2.45, 2.75) is 40.7 Å². The third-order valence-corrected chi connectivity index (χ3v) is 4.14. The summed E-state index contributed by atoms with van der Waals surface area (Å²) in [6.45, 7) is 10.1. The molecule has 1 heterocycles. The average Bonchev–Trinajstić information content (AvgIpc) is 2.69. The van der Waals surface area contributed by atoms with Crippen LogP contribution < -0.4 is 20.1 Å². The number of rotatable bonds is 9. The molecule has 0 saturated heterocycles. The number of hydrogen-bond acceptors (Lipinski definition) is 5. The Bertz CT molecular complexity index is 852. The third-order valence-electron chi connectivity index (χ3n) is 4.14. The number of amides is 2. The molecule has 0 spiro atoms. The number of hydrogen-bond donors (Lipinski definition) is 2. The van der Waals surface area contributed by atoms with E-state index in [0.717, 1.165) is 0 Å². The lowest BCUT2D eigenvalue weighted by molar-refractivity contribution is -0.118. The molecule has 0 aliphatic rings. The first-order valence-electron chi connectivity index (χ1n) is 9.84. The molecule has 0 saturated carbocycles. The minimum atomic E-state index is -0.341. The molecule has 0 radical (unpaired) electrons. The maximum absolute atomic E-state index is 12.9. The quantitative estimate of drug-likeness (QED) is 0.666. The van der Waals surface area contributed by atoms with Crippen LogP contribution in [0.1, 0.15) is 56.7 Å². The van der Waals surface area contributed by atoms with Crippen LogP contribution in [0.5, 0.6) is 11.6 Å². The van der Waals surface area contributed by atoms with Crippen molar-refractivity contribution in [3.8, 4) is 11.6 Å². The summed E-state index contributed by atoms with van der Waals surface area (Å²) in [5.41, 5.74) is 1.58. The van der Waals surface area contributed by atoms with E-state index in [1.54, 1.807) is 24.3 Å². The largest absolute Gasteiger partial charge is 0.493 e. The molecule has 2 N–H and O–H groups in total. The number of carbonyl (C=O) groups is 2. The van der Waals surface area contributed by atoms with Crippen LogP contribution in [-0.4, -0.2) is 30.0 Å². The zero-order valence-corrected chi connectivity index (χ0v) is 17.6. The molecular weight excluding hydrogens is 370 g/mol. The summed E-state index contributed by atoms with van der Waals surface area (Å²) in [7, 11) is 0. The van der Waals surface area contributed by atoms with Crippen LogP contribution in [0, 0.1) is 5.92 Å². The van der Waals surface area contributed by atoms with Gasteiger partial charge in [0, 0.05) is 17.7 Å². The number of nitrogens with zero attached hydrogens (tertiary/aromatic N) is 1. The van der Waals surface area contributed by atoms with Crippen LogP contribution in [0.4, 0.5) is 5.69 Å². The topological polar surface area (TPSA) is 89.6 Å². The van der Waals surface area contributed by atoms with Crippen molar-refractivity contribution in [1.29, 1.82) is 0 Å². The van der Waals surface area contributed by atoms with Crippen LogP contribution in [0.25, 0.3) is 0 Å². The Morgan fingerprint density at radius 2 is 1.76 bits per heavy atom. The van der Waals surface area contributed by atoms with E-state index in [1.165, 1.54) is 0 Å². The maximum Gasteiger partial charge on any atom is 0.255 e. The number of benzene rings is 1. The summed E-state index contributed by atoms with van der Waals surface area (Å²) in [4.78, 5) is 29.4. The Morgan fingerprint density at radius 3 is 2.41 bits per heavy atom. The Balaban J connectivity index is 2.22. The second-order valence-corrected chi connectivity index (χ2v) is 6.82. The number of anilines is 1. The van der Waals surface area contributed by atoms with Crippen LogP contribution in [-0.2, 0) is 4.79 Å². The maximum atomic E-state index is 12.9. The Morgan fingerprint density at radius 1 is 1.03 bits per heavy atom. The molecule has 1 aromatic heterocycles. The molecular formula is C22H29N3O4. The van der Waals surface area contributed by atoms with Crippen molar-refractivity contribution in [1.82, 2.24) is 10.3 Å². The summed E-state index contributed by atoms with van der Waals surface area (Å²) in [5.74, 6) is 0.369. The molecule has 7 nitrogen and oxygen atoms in total. The lowest BCUT2D eigenvalue weighted by atomic mass is 10.1. The number of nitrogens with one attached hydrogen (secondary N) is 2. The first-order valence-corrected chi connectivity index (χ1v) is 9.84. The second-order valence-electron chi connectivity index (χ2n) is 6.82. The summed E-state index contributed by atoms with van der Waals surface area (Å²) >= 11 is 0. The van der Waals surface area contributed by atoms with E-state index in [4.69, 9.17) is 9.47 Å². The molecule has 0 aliphatic heterocycles. The van der Waals surface area contributed by atoms with Crippen molar-refractivity contribution in [3.63, 3.8) is 0 Å². The SMILES string of the molecule is CCOc1cccc(C(C)NC(=O)c2cc(NC(=O)C(C)C)ccc2OCC)n1. The zero-order valence-electron chi connectivity index (χ0n) is 17.6. The van der Waals surface area contributed by atoms with Crippen molar-refractivity contribution in [2.24, 2.45) is 5.92 Å². The number of ether oxygens (including phenoxy) is 2. The van der Waals surface area contributed by atoms with Gasteiger partial charge >= 0.3 is 0 Å².